The number of carbonyl (C=O) groups excluding carboxylic acids is 2. The SMILES string of the molecule is COc1ccc(/C=C/C(=O)Oc2ccc(/C=C(\C#N)C(=O)N3CCOCC3)cc2OC)cc1. The van der Waals surface area contributed by atoms with Crippen molar-refractivity contribution in [2.75, 3.05) is 40.5 Å². The molecule has 1 heterocycles. The van der Waals surface area contributed by atoms with Crippen LogP contribution in [0.5, 0.6) is 17.2 Å². The lowest BCUT2D eigenvalue weighted by Crippen LogP contribution is -2.41. The van der Waals surface area contributed by atoms with Crippen LogP contribution in [0, 0.1) is 11.3 Å². The van der Waals surface area contributed by atoms with Crippen LogP contribution in [-0.4, -0.2) is 57.3 Å². The Labute approximate surface area is 192 Å². The zero-order valence-corrected chi connectivity index (χ0v) is 18.4. The minimum absolute atomic E-state index is 0.00567. The molecule has 0 spiro atoms. The first-order chi connectivity index (χ1) is 16.0. The van der Waals surface area contributed by atoms with Crippen LogP contribution in [0.2, 0.25) is 0 Å². The van der Waals surface area contributed by atoms with Gasteiger partial charge in [0.25, 0.3) is 5.91 Å². The monoisotopic (exact) mass is 448 g/mol. The lowest BCUT2D eigenvalue weighted by Gasteiger charge is -2.26. The maximum absolute atomic E-state index is 12.6. The molecule has 0 aromatic heterocycles. The zero-order valence-electron chi connectivity index (χ0n) is 18.4. The first-order valence-corrected chi connectivity index (χ1v) is 10.2. The zero-order chi connectivity index (χ0) is 23.6. The predicted octanol–water partition coefficient (Wildman–Crippen LogP) is 3.09. The van der Waals surface area contributed by atoms with Gasteiger partial charge in [-0.25, -0.2) is 4.79 Å². The summed E-state index contributed by atoms with van der Waals surface area (Å²) < 4.78 is 21.1. The second-order valence-electron chi connectivity index (χ2n) is 7.01. The van der Waals surface area contributed by atoms with Crippen LogP contribution in [0.15, 0.2) is 54.1 Å². The molecule has 0 unspecified atom stereocenters. The molecule has 2 aromatic rings. The number of nitriles is 1. The van der Waals surface area contributed by atoms with E-state index >= 15 is 0 Å². The van der Waals surface area contributed by atoms with E-state index in [0.29, 0.717) is 37.6 Å². The van der Waals surface area contributed by atoms with E-state index in [9.17, 15) is 14.9 Å². The van der Waals surface area contributed by atoms with Gasteiger partial charge in [0.15, 0.2) is 11.5 Å². The predicted molar refractivity (Wildman–Crippen MR) is 122 cm³/mol. The normalized spacial score (nSPS) is 14.0. The van der Waals surface area contributed by atoms with Crippen LogP contribution in [0.4, 0.5) is 0 Å². The Morgan fingerprint density at radius 1 is 1.00 bits per heavy atom. The number of nitrogens with zero attached hydrogens (tertiary/aromatic N) is 2. The molecule has 1 aliphatic heterocycles. The molecule has 0 saturated carbocycles. The van der Waals surface area contributed by atoms with Crippen molar-refractivity contribution >= 4 is 24.0 Å². The van der Waals surface area contributed by atoms with Gasteiger partial charge in [0.2, 0.25) is 0 Å². The average Bonchev–Trinajstić information content (AvgIpc) is 2.87. The number of hydrogen-bond acceptors (Lipinski definition) is 7. The van der Waals surface area contributed by atoms with Crippen LogP contribution in [0.25, 0.3) is 12.2 Å². The van der Waals surface area contributed by atoms with Gasteiger partial charge in [-0.2, -0.15) is 5.26 Å². The highest BCUT2D eigenvalue weighted by Gasteiger charge is 2.20. The summed E-state index contributed by atoms with van der Waals surface area (Å²) >= 11 is 0. The quantitative estimate of drug-likeness (QED) is 0.278. The number of carbonyl (C=O) groups is 2. The molecule has 1 fully saturated rings. The second-order valence-corrected chi connectivity index (χ2v) is 7.01. The van der Waals surface area contributed by atoms with Gasteiger partial charge in [-0.05, 0) is 47.5 Å². The largest absolute Gasteiger partial charge is 0.497 e. The summed E-state index contributed by atoms with van der Waals surface area (Å²) in [5.74, 6) is 0.314. The molecular weight excluding hydrogens is 424 g/mol. The average molecular weight is 448 g/mol. The molecule has 1 aliphatic rings. The van der Waals surface area contributed by atoms with Crippen molar-refractivity contribution < 1.29 is 28.5 Å². The molecule has 3 rings (SSSR count). The van der Waals surface area contributed by atoms with Crippen LogP contribution >= 0.6 is 0 Å². The van der Waals surface area contributed by atoms with E-state index in [0.717, 1.165) is 11.3 Å². The third kappa shape index (κ3) is 6.45. The van der Waals surface area contributed by atoms with Gasteiger partial charge in [-0.1, -0.05) is 18.2 Å². The summed E-state index contributed by atoms with van der Waals surface area (Å²) in [6, 6.07) is 14.0. The number of morpholine rings is 1. The van der Waals surface area contributed by atoms with Crippen LogP contribution in [0.1, 0.15) is 11.1 Å². The number of esters is 1. The number of hydrogen-bond donors (Lipinski definition) is 0. The Morgan fingerprint density at radius 3 is 2.33 bits per heavy atom. The van der Waals surface area contributed by atoms with Crippen molar-refractivity contribution in [3.63, 3.8) is 0 Å². The Kier molecular flexibility index (Phi) is 8.22. The fraction of sp³-hybridized carbons (Fsp3) is 0.240. The topological polar surface area (TPSA) is 98.1 Å². The Hall–Kier alpha value is -4.09. The van der Waals surface area contributed by atoms with Gasteiger partial charge in [0.1, 0.15) is 17.4 Å². The van der Waals surface area contributed by atoms with Gasteiger partial charge in [-0.3, -0.25) is 4.79 Å². The smallest absolute Gasteiger partial charge is 0.336 e. The number of ether oxygens (including phenoxy) is 4. The summed E-state index contributed by atoms with van der Waals surface area (Å²) in [5, 5.41) is 9.46. The summed E-state index contributed by atoms with van der Waals surface area (Å²) in [4.78, 5) is 26.4. The molecule has 0 atom stereocenters. The van der Waals surface area contributed by atoms with E-state index in [1.165, 1.54) is 19.3 Å². The highest BCUT2D eigenvalue weighted by atomic mass is 16.6. The molecule has 8 heteroatoms. The van der Waals surface area contributed by atoms with Crippen LogP contribution < -0.4 is 14.2 Å². The van der Waals surface area contributed by atoms with Crippen molar-refractivity contribution in [3.05, 3.63) is 65.2 Å². The third-order valence-electron chi connectivity index (χ3n) is 4.89. The molecule has 0 aliphatic carbocycles. The van der Waals surface area contributed by atoms with Crippen molar-refractivity contribution in [1.82, 2.24) is 4.90 Å². The van der Waals surface area contributed by atoms with Crippen molar-refractivity contribution in [3.8, 4) is 23.3 Å². The lowest BCUT2D eigenvalue weighted by atomic mass is 10.1. The van der Waals surface area contributed by atoms with E-state index in [1.54, 1.807) is 48.4 Å². The number of benzene rings is 2. The van der Waals surface area contributed by atoms with Gasteiger partial charge >= 0.3 is 5.97 Å². The molecule has 170 valence electrons. The molecule has 33 heavy (non-hydrogen) atoms. The van der Waals surface area contributed by atoms with E-state index in [1.807, 2.05) is 18.2 Å². The maximum atomic E-state index is 12.6. The van der Waals surface area contributed by atoms with E-state index < -0.39 is 5.97 Å². The van der Waals surface area contributed by atoms with E-state index in [-0.39, 0.29) is 17.2 Å². The van der Waals surface area contributed by atoms with Crippen molar-refractivity contribution in [2.45, 2.75) is 0 Å². The Balaban J connectivity index is 1.71. The highest BCUT2D eigenvalue weighted by Crippen LogP contribution is 2.29. The standard InChI is InChI=1S/C25H24N2O6/c1-30-21-7-3-18(4-8-21)6-10-24(28)33-22-9-5-19(16-23(22)31-2)15-20(17-26)25(29)27-11-13-32-14-12-27/h3-10,15-16H,11-14H2,1-2H3/b10-6+,20-15+. The number of amides is 1. The Morgan fingerprint density at radius 2 is 1.70 bits per heavy atom. The van der Waals surface area contributed by atoms with Crippen molar-refractivity contribution in [1.29, 1.82) is 5.26 Å². The summed E-state index contributed by atoms with van der Waals surface area (Å²) in [6.07, 6.45) is 4.42. The summed E-state index contributed by atoms with van der Waals surface area (Å²) in [7, 11) is 3.03. The van der Waals surface area contributed by atoms with Crippen LogP contribution in [0.3, 0.4) is 0 Å². The minimum Gasteiger partial charge on any atom is -0.497 e. The van der Waals surface area contributed by atoms with E-state index in [2.05, 4.69) is 0 Å². The van der Waals surface area contributed by atoms with Gasteiger partial charge in [0.05, 0.1) is 27.4 Å². The molecule has 0 radical (unpaired) electrons. The molecule has 1 amide bonds. The number of methoxy groups -OCH3 is 2. The molecule has 1 saturated heterocycles. The van der Waals surface area contributed by atoms with Crippen molar-refractivity contribution in [2.24, 2.45) is 0 Å². The summed E-state index contributed by atoms with van der Waals surface area (Å²) in [6.45, 7) is 1.79. The van der Waals surface area contributed by atoms with Gasteiger partial charge in [0, 0.05) is 19.2 Å². The fourth-order valence-electron chi connectivity index (χ4n) is 3.13. The molecule has 0 bridgehead atoms. The molecule has 0 N–H and O–H groups in total. The maximum Gasteiger partial charge on any atom is 0.336 e. The molecule has 8 nitrogen and oxygen atoms in total. The van der Waals surface area contributed by atoms with Gasteiger partial charge in [-0.15, -0.1) is 0 Å². The first kappa shape index (κ1) is 23.6. The minimum atomic E-state index is -0.576. The molecule has 2 aromatic carbocycles. The van der Waals surface area contributed by atoms with E-state index in [4.69, 9.17) is 18.9 Å². The van der Waals surface area contributed by atoms with Gasteiger partial charge < -0.3 is 23.8 Å². The number of rotatable bonds is 7. The molecular formula is C25H24N2O6. The summed E-state index contributed by atoms with van der Waals surface area (Å²) in [5.41, 5.74) is 1.39. The lowest BCUT2D eigenvalue weighted by molar-refractivity contribution is -0.130. The fourth-order valence-corrected chi connectivity index (χ4v) is 3.13. The highest BCUT2D eigenvalue weighted by molar-refractivity contribution is 6.01. The van der Waals surface area contributed by atoms with Crippen LogP contribution in [-0.2, 0) is 14.3 Å². The third-order valence-corrected chi connectivity index (χ3v) is 4.89. The Bertz CT molecular complexity index is 1090. The second kappa shape index (κ2) is 11.5. The first-order valence-electron chi connectivity index (χ1n) is 10.2.